The van der Waals surface area contributed by atoms with E-state index in [2.05, 4.69) is 15.0 Å². The zero-order chi connectivity index (χ0) is 18.5. The Kier molecular flexibility index (Phi) is 5.26. The highest BCUT2D eigenvalue weighted by Gasteiger charge is 2.12. The molecule has 0 bridgehead atoms. The summed E-state index contributed by atoms with van der Waals surface area (Å²) in [5.41, 5.74) is 1.12. The van der Waals surface area contributed by atoms with Gasteiger partial charge in [0.05, 0.1) is 6.42 Å². The van der Waals surface area contributed by atoms with Crippen LogP contribution in [0.5, 0.6) is 5.75 Å². The SMILES string of the molecule is O=C(Cc1cc2ccccc2[nH]c1=O)NCc1ccccc1OC(F)F. The fraction of sp³-hybridized carbons (Fsp3) is 0.158. The summed E-state index contributed by atoms with van der Waals surface area (Å²) in [6, 6.07) is 15.1. The highest BCUT2D eigenvalue weighted by atomic mass is 19.3. The Morgan fingerprint density at radius 3 is 2.62 bits per heavy atom. The van der Waals surface area contributed by atoms with E-state index in [-0.39, 0.29) is 24.3 Å². The molecule has 3 rings (SSSR count). The standard InChI is InChI=1S/C19H16F2N2O3/c20-19(21)26-16-8-4-2-6-13(16)11-22-17(24)10-14-9-12-5-1-3-7-15(12)23-18(14)25/h1-9,19H,10-11H2,(H,22,24)(H,23,25). The highest BCUT2D eigenvalue weighted by Crippen LogP contribution is 2.20. The number of para-hydroxylation sites is 2. The number of H-pyrrole nitrogens is 1. The monoisotopic (exact) mass is 358 g/mol. The van der Waals surface area contributed by atoms with Gasteiger partial charge in [-0.3, -0.25) is 9.59 Å². The molecule has 0 unspecified atom stereocenters. The summed E-state index contributed by atoms with van der Waals surface area (Å²) in [4.78, 5) is 27.0. The number of alkyl halides is 2. The van der Waals surface area contributed by atoms with Crippen LogP contribution in [0.3, 0.4) is 0 Å². The van der Waals surface area contributed by atoms with Crippen LogP contribution in [-0.2, 0) is 17.8 Å². The molecule has 0 saturated carbocycles. The number of hydrogen-bond donors (Lipinski definition) is 2. The van der Waals surface area contributed by atoms with Gasteiger partial charge in [-0.25, -0.2) is 0 Å². The van der Waals surface area contributed by atoms with Gasteiger partial charge in [0, 0.05) is 23.2 Å². The van der Waals surface area contributed by atoms with Crippen molar-refractivity contribution in [2.24, 2.45) is 0 Å². The van der Waals surface area contributed by atoms with Gasteiger partial charge in [0.1, 0.15) is 5.75 Å². The van der Waals surface area contributed by atoms with Gasteiger partial charge in [-0.15, -0.1) is 0 Å². The van der Waals surface area contributed by atoms with Crippen molar-refractivity contribution in [1.29, 1.82) is 0 Å². The molecule has 0 aliphatic heterocycles. The minimum atomic E-state index is -2.94. The van der Waals surface area contributed by atoms with Crippen LogP contribution < -0.4 is 15.6 Å². The molecule has 0 spiro atoms. The number of halogens is 2. The number of nitrogens with one attached hydrogen (secondary N) is 2. The van der Waals surface area contributed by atoms with E-state index in [1.165, 1.54) is 6.07 Å². The molecule has 0 saturated heterocycles. The minimum Gasteiger partial charge on any atom is -0.434 e. The summed E-state index contributed by atoms with van der Waals surface area (Å²) >= 11 is 0. The van der Waals surface area contributed by atoms with Gasteiger partial charge < -0.3 is 15.0 Å². The van der Waals surface area contributed by atoms with Gasteiger partial charge in [0.25, 0.3) is 5.56 Å². The average molecular weight is 358 g/mol. The van der Waals surface area contributed by atoms with E-state index in [0.29, 0.717) is 16.6 Å². The van der Waals surface area contributed by atoms with Gasteiger partial charge in [0.2, 0.25) is 5.91 Å². The molecule has 0 aliphatic rings. The number of hydrogen-bond acceptors (Lipinski definition) is 3. The summed E-state index contributed by atoms with van der Waals surface area (Å²) in [6.07, 6.45) is -0.113. The van der Waals surface area contributed by atoms with Crippen molar-refractivity contribution < 1.29 is 18.3 Å². The fourth-order valence-electron chi connectivity index (χ4n) is 2.61. The van der Waals surface area contributed by atoms with E-state index in [9.17, 15) is 18.4 Å². The second-order valence-electron chi connectivity index (χ2n) is 5.65. The number of carbonyl (C=O) groups is 1. The third-order valence-corrected chi connectivity index (χ3v) is 3.85. The van der Waals surface area contributed by atoms with E-state index < -0.39 is 12.5 Å². The fourth-order valence-corrected chi connectivity index (χ4v) is 2.61. The van der Waals surface area contributed by atoms with Crippen LogP contribution in [0.2, 0.25) is 0 Å². The molecule has 0 aliphatic carbocycles. The van der Waals surface area contributed by atoms with Crippen molar-refractivity contribution in [3.05, 3.63) is 76.1 Å². The van der Waals surface area contributed by atoms with E-state index in [0.717, 1.165) is 5.39 Å². The number of pyridine rings is 1. The Morgan fingerprint density at radius 2 is 1.81 bits per heavy atom. The Balaban J connectivity index is 1.69. The zero-order valence-corrected chi connectivity index (χ0v) is 13.7. The summed E-state index contributed by atoms with van der Waals surface area (Å²) in [5.74, 6) is -0.385. The lowest BCUT2D eigenvalue weighted by molar-refractivity contribution is -0.120. The lowest BCUT2D eigenvalue weighted by Gasteiger charge is -2.11. The molecule has 0 atom stereocenters. The van der Waals surface area contributed by atoms with Gasteiger partial charge in [-0.2, -0.15) is 8.78 Å². The minimum absolute atomic E-state index is 0.00588. The van der Waals surface area contributed by atoms with Gasteiger partial charge in [-0.1, -0.05) is 36.4 Å². The molecule has 1 amide bonds. The van der Waals surface area contributed by atoms with Crippen LogP contribution in [-0.4, -0.2) is 17.5 Å². The predicted molar refractivity (Wildman–Crippen MR) is 93.2 cm³/mol. The number of aromatic nitrogens is 1. The second-order valence-corrected chi connectivity index (χ2v) is 5.65. The summed E-state index contributed by atoms with van der Waals surface area (Å²) < 4.78 is 29.2. The number of amides is 1. The van der Waals surface area contributed by atoms with Gasteiger partial charge >= 0.3 is 6.61 Å². The summed E-state index contributed by atoms with van der Waals surface area (Å²) in [5, 5.41) is 3.44. The van der Waals surface area contributed by atoms with Crippen molar-refractivity contribution in [2.75, 3.05) is 0 Å². The van der Waals surface area contributed by atoms with E-state index >= 15 is 0 Å². The van der Waals surface area contributed by atoms with Crippen LogP contribution in [0.4, 0.5) is 8.78 Å². The molecule has 2 N–H and O–H groups in total. The Hall–Kier alpha value is -3.22. The third kappa shape index (κ3) is 4.24. The van der Waals surface area contributed by atoms with E-state index in [4.69, 9.17) is 0 Å². The molecule has 5 nitrogen and oxygen atoms in total. The van der Waals surface area contributed by atoms with Crippen LogP contribution in [0.15, 0.2) is 59.4 Å². The first-order valence-electron chi connectivity index (χ1n) is 7.93. The third-order valence-electron chi connectivity index (χ3n) is 3.85. The maximum Gasteiger partial charge on any atom is 0.387 e. The maximum absolute atomic E-state index is 12.4. The molecule has 26 heavy (non-hydrogen) atoms. The zero-order valence-electron chi connectivity index (χ0n) is 13.7. The van der Waals surface area contributed by atoms with Crippen molar-refractivity contribution >= 4 is 16.8 Å². The molecule has 7 heteroatoms. The van der Waals surface area contributed by atoms with E-state index in [1.807, 2.05) is 18.2 Å². The smallest absolute Gasteiger partial charge is 0.387 e. The first kappa shape index (κ1) is 17.6. The first-order chi connectivity index (χ1) is 12.5. The molecule has 0 fully saturated rings. The number of aromatic amines is 1. The number of fused-ring (bicyclic) bond motifs is 1. The first-order valence-corrected chi connectivity index (χ1v) is 7.93. The summed E-state index contributed by atoms with van der Waals surface area (Å²) in [6.45, 7) is -2.92. The molecule has 0 radical (unpaired) electrons. The number of rotatable bonds is 6. The molecule has 3 aromatic rings. The van der Waals surface area contributed by atoms with Crippen LogP contribution in [0, 0.1) is 0 Å². The van der Waals surface area contributed by atoms with Crippen molar-refractivity contribution in [2.45, 2.75) is 19.6 Å². The van der Waals surface area contributed by atoms with E-state index in [1.54, 1.807) is 30.3 Å². The number of ether oxygens (including phenoxy) is 1. The van der Waals surface area contributed by atoms with Crippen molar-refractivity contribution in [3.8, 4) is 5.75 Å². The Bertz CT molecular complexity index is 986. The Labute approximate surface area is 147 Å². The largest absolute Gasteiger partial charge is 0.434 e. The second kappa shape index (κ2) is 7.77. The van der Waals surface area contributed by atoms with Crippen molar-refractivity contribution in [1.82, 2.24) is 10.3 Å². The summed E-state index contributed by atoms with van der Waals surface area (Å²) in [7, 11) is 0. The predicted octanol–water partition coefficient (Wildman–Crippen LogP) is 2.99. The Morgan fingerprint density at radius 1 is 1.08 bits per heavy atom. The lowest BCUT2D eigenvalue weighted by Crippen LogP contribution is -2.27. The number of benzene rings is 2. The van der Waals surface area contributed by atoms with Gasteiger partial charge in [0.15, 0.2) is 0 Å². The number of carbonyl (C=O) groups excluding carboxylic acids is 1. The molecule has 1 aromatic heterocycles. The molecule has 2 aromatic carbocycles. The molecule has 134 valence electrons. The normalized spacial score (nSPS) is 10.9. The molecular formula is C19H16F2N2O3. The topological polar surface area (TPSA) is 71.2 Å². The maximum atomic E-state index is 12.4. The van der Waals surface area contributed by atoms with Crippen LogP contribution in [0.25, 0.3) is 10.9 Å². The highest BCUT2D eigenvalue weighted by molar-refractivity contribution is 5.82. The lowest BCUT2D eigenvalue weighted by atomic mass is 10.1. The quantitative estimate of drug-likeness (QED) is 0.712. The molecule has 1 heterocycles. The van der Waals surface area contributed by atoms with Crippen LogP contribution >= 0.6 is 0 Å². The molecular weight excluding hydrogens is 342 g/mol. The van der Waals surface area contributed by atoms with Crippen LogP contribution in [0.1, 0.15) is 11.1 Å². The van der Waals surface area contributed by atoms with Crippen molar-refractivity contribution in [3.63, 3.8) is 0 Å². The van der Waals surface area contributed by atoms with Gasteiger partial charge in [-0.05, 0) is 23.6 Å². The average Bonchev–Trinajstić information content (AvgIpc) is 2.61.